The van der Waals surface area contributed by atoms with E-state index in [2.05, 4.69) is 26.6 Å². The molecule has 0 aromatic heterocycles. The molecule has 0 saturated carbocycles. The van der Waals surface area contributed by atoms with Crippen molar-refractivity contribution >= 4 is 33.4 Å². The minimum absolute atomic E-state index is 0.169. The average Bonchev–Trinajstić information content (AvgIpc) is 2.60. The molecule has 0 atom stereocenters. The van der Waals surface area contributed by atoms with Crippen molar-refractivity contribution in [3.8, 4) is 11.8 Å². The van der Waals surface area contributed by atoms with Gasteiger partial charge in [0.25, 0.3) is 5.91 Å². The molecule has 0 fully saturated rings. The minimum atomic E-state index is -0.449. The SMILES string of the molecule is Cc1cc(Br)ccc1NC(=O)CNC(=O)COc1ccccc1C#N. The maximum atomic E-state index is 11.9. The van der Waals surface area contributed by atoms with Gasteiger partial charge in [-0.2, -0.15) is 5.26 Å². The number of ether oxygens (including phenoxy) is 1. The summed E-state index contributed by atoms with van der Waals surface area (Å²) in [6.07, 6.45) is 0. The van der Waals surface area contributed by atoms with Gasteiger partial charge in [-0.1, -0.05) is 28.1 Å². The molecule has 7 heteroatoms. The van der Waals surface area contributed by atoms with Gasteiger partial charge in [0, 0.05) is 10.2 Å². The normalized spacial score (nSPS) is 9.80. The van der Waals surface area contributed by atoms with E-state index in [4.69, 9.17) is 10.00 Å². The first kappa shape index (κ1) is 18.5. The molecule has 128 valence electrons. The lowest BCUT2D eigenvalue weighted by molar-refractivity contribution is -0.125. The van der Waals surface area contributed by atoms with E-state index in [1.807, 2.05) is 25.1 Å². The zero-order valence-corrected chi connectivity index (χ0v) is 15.1. The van der Waals surface area contributed by atoms with E-state index in [1.54, 1.807) is 30.3 Å². The number of nitrogens with zero attached hydrogens (tertiary/aromatic N) is 1. The van der Waals surface area contributed by atoms with Crippen molar-refractivity contribution in [1.29, 1.82) is 5.26 Å². The molecule has 2 N–H and O–H groups in total. The predicted octanol–water partition coefficient (Wildman–Crippen LogP) is 2.76. The number of rotatable bonds is 6. The fourth-order valence-corrected chi connectivity index (χ4v) is 2.50. The van der Waals surface area contributed by atoms with E-state index < -0.39 is 5.91 Å². The Kier molecular flexibility index (Phi) is 6.54. The van der Waals surface area contributed by atoms with Gasteiger partial charge in [-0.05, 0) is 42.8 Å². The van der Waals surface area contributed by atoms with Gasteiger partial charge in [-0.15, -0.1) is 0 Å². The van der Waals surface area contributed by atoms with Crippen LogP contribution < -0.4 is 15.4 Å². The first-order chi connectivity index (χ1) is 12.0. The molecule has 2 aromatic carbocycles. The van der Waals surface area contributed by atoms with Crippen LogP contribution >= 0.6 is 15.9 Å². The van der Waals surface area contributed by atoms with E-state index in [1.165, 1.54) is 0 Å². The van der Waals surface area contributed by atoms with Crippen molar-refractivity contribution in [3.63, 3.8) is 0 Å². The van der Waals surface area contributed by atoms with Gasteiger partial charge in [0.1, 0.15) is 11.8 Å². The number of carbonyl (C=O) groups excluding carboxylic acids is 2. The highest BCUT2D eigenvalue weighted by atomic mass is 79.9. The summed E-state index contributed by atoms with van der Waals surface area (Å²) in [5.74, 6) is -0.457. The Morgan fingerprint density at radius 3 is 2.68 bits per heavy atom. The lowest BCUT2D eigenvalue weighted by Gasteiger charge is -2.10. The van der Waals surface area contributed by atoms with Crippen LogP contribution in [0.15, 0.2) is 46.9 Å². The van der Waals surface area contributed by atoms with Crippen LogP contribution in [0.4, 0.5) is 5.69 Å². The van der Waals surface area contributed by atoms with Crippen LogP contribution in [0.1, 0.15) is 11.1 Å². The highest BCUT2D eigenvalue weighted by Gasteiger charge is 2.09. The minimum Gasteiger partial charge on any atom is -0.482 e. The summed E-state index contributed by atoms with van der Waals surface area (Å²) in [5, 5.41) is 14.2. The highest BCUT2D eigenvalue weighted by Crippen LogP contribution is 2.19. The molecule has 2 amide bonds. The number of hydrogen-bond acceptors (Lipinski definition) is 4. The van der Waals surface area contributed by atoms with Crippen LogP contribution in [0.2, 0.25) is 0 Å². The van der Waals surface area contributed by atoms with Crippen molar-refractivity contribution in [2.45, 2.75) is 6.92 Å². The van der Waals surface area contributed by atoms with E-state index in [-0.39, 0.29) is 19.1 Å². The van der Waals surface area contributed by atoms with Crippen molar-refractivity contribution in [2.24, 2.45) is 0 Å². The number of nitrogens with one attached hydrogen (secondary N) is 2. The number of benzene rings is 2. The van der Waals surface area contributed by atoms with Gasteiger partial charge in [0.15, 0.2) is 6.61 Å². The molecule has 0 aliphatic heterocycles. The van der Waals surface area contributed by atoms with E-state index >= 15 is 0 Å². The summed E-state index contributed by atoms with van der Waals surface area (Å²) >= 11 is 3.36. The van der Waals surface area contributed by atoms with Crippen molar-refractivity contribution < 1.29 is 14.3 Å². The zero-order valence-electron chi connectivity index (χ0n) is 13.5. The van der Waals surface area contributed by atoms with E-state index in [0.29, 0.717) is 17.0 Å². The second-order valence-electron chi connectivity index (χ2n) is 5.18. The number of anilines is 1. The Morgan fingerprint density at radius 1 is 1.20 bits per heavy atom. The maximum Gasteiger partial charge on any atom is 0.258 e. The third kappa shape index (κ3) is 5.62. The average molecular weight is 402 g/mol. The molecular formula is C18H16BrN3O3. The molecule has 0 radical (unpaired) electrons. The Hall–Kier alpha value is -2.85. The largest absolute Gasteiger partial charge is 0.482 e. The van der Waals surface area contributed by atoms with Crippen LogP contribution in [0, 0.1) is 18.3 Å². The summed E-state index contributed by atoms with van der Waals surface area (Å²) in [4.78, 5) is 23.7. The number of hydrogen-bond donors (Lipinski definition) is 2. The van der Waals surface area contributed by atoms with Gasteiger partial charge in [0.2, 0.25) is 5.91 Å². The van der Waals surface area contributed by atoms with Gasteiger partial charge < -0.3 is 15.4 Å². The number of nitriles is 1. The van der Waals surface area contributed by atoms with Crippen molar-refractivity contribution in [3.05, 3.63) is 58.1 Å². The van der Waals surface area contributed by atoms with Crippen LogP contribution in [-0.4, -0.2) is 25.0 Å². The first-order valence-electron chi connectivity index (χ1n) is 7.44. The molecule has 0 aliphatic carbocycles. The Balaban J connectivity index is 1.79. The molecule has 0 saturated heterocycles. The standard InChI is InChI=1S/C18H16BrN3O3/c1-12-8-14(19)6-7-15(12)22-17(23)10-21-18(24)11-25-16-5-3-2-4-13(16)9-20/h2-8H,10-11H2,1H3,(H,21,24)(H,22,23). The molecule has 0 bridgehead atoms. The molecule has 0 spiro atoms. The smallest absolute Gasteiger partial charge is 0.258 e. The van der Waals surface area contributed by atoms with Gasteiger partial charge in [0.05, 0.1) is 12.1 Å². The van der Waals surface area contributed by atoms with Crippen LogP contribution in [0.25, 0.3) is 0 Å². The highest BCUT2D eigenvalue weighted by molar-refractivity contribution is 9.10. The summed E-state index contributed by atoms with van der Waals surface area (Å²) < 4.78 is 6.22. The van der Waals surface area contributed by atoms with E-state index in [0.717, 1.165) is 10.0 Å². The molecule has 0 aliphatic rings. The Labute approximate surface area is 153 Å². The fraction of sp³-hybridized carbons (Fsp3) is 0.167. The van der Waals surface area contributed by atoms with Crippen LogP contribution in [0.5, 0.6) is 5.75 Å². The maximum absolute atomic E-state index is 11.9. The number of halogens is 1. The molecule has 25 heavy (non-hydrogen) atoms. The molecule has 0 unspecified atom stereocenters. The molecule has 2 rings (SSSR count). The van der Waals surface area contributed by atoms with Gasteiger partial charge in [-0.25, -0.2) is 0 Å². The topological polar surface area (TPSA) is 91.2 Å². The summed E-state index contributed by atoms with van der Waals surface area (Å²) in [7, 11) is 0. The predicted molar refractivity (Wildman–Crippen MR) is 97.2 cm³/mol. The summed E-state index contributed by atoms with van der Waals surface area (Å²) in [6, 6.07) is 14.1. The van der Waals surface area contributed by atoms with Gasteiger partial charge >= 0.3 is 0 Å². The Bertz CT molecular complexity index is 831. The number of para-hydroxylation sites is 1. The number of amides is 2. The van der Waals surface area contributed by atoms with Crippen LogP contribution in [-0.2, 0) is 9.59 Å². The van der Waals surface area contributed by atoms with Crippen molar-refractivity contribution in [1.82, 2.24) is 5.32 Å². The number of carbonyl (C=O) groups is 2. The monoisotopic (exact) mass is 401 g/mol. The fourth-order valence-electron chi connectivity index (χ4n) is 2.02. The van der Waals surface area contributed by atoms with E-state index in [9.17, 15) is 9.59 Å². The summed E-state index contributed by atoms with van der Waals surface area (Å²) in [5.41, 5.74) is 1.94. The van der Waals surface area contributed by atoms with Crippen LogP contribution in [0.3, 0.4) is 0 Å². The molecule has 6 nitrogen and oxygen atoms in total. The second-order valence-corrected chi connectivity index (χ2v) is 6.10. The lowest BCUT2D eigenvalue weighted by atomic mass is 10.2. The first-order valence-corrected chi connectivity index (χ1v) is 8.23. The van der Waals surface area contributed by atoms with Crippen molar-refractivity contribution in [2.75, 3.05) is 18.5 Å². The lowest BCUT2D eigenvalue weighted by Crippen LogP contribution is -2.35. The number of aryl methyl sites for hydroxylation is 1. The molecule has 2 aromatic rings. The van der Waals surface area contributed by atoms with Gasteiger partial charge in [-0.3, -0.25) is 9.59 Å². The third-order valence-corrected chi connectivity index (χ3v) is 3.77. The molecular weight excluding hydrogens is 386 g/mol. The quantitative estimate of drug-likeness (QED) is 0.778. The zero-order chi connectivity index (χ0) is 18.2. The second kappa shape index (κ2) is 8.85. The Morgan fingerprint density at radius 2 is 1.96 bits per heavy atom. The third-order valence-electron chi connectivity index (χ3n) is 3.27. The molecule has 0 heterocycles. The summed E-state index contributed by atoms with van der Waals surface area (Å²) in [6.45, 7) is 1.43.